The van der Waals surface area contributed by atoms with Crippen molar-refractivity contribution < 1.29 is 14.8 Å². The third-order valence-corrected chi connectivity index (χ3v) is 3.65. The van der Waals surface area contributed by atoms with Crippen molar-refractivity contribution in [3.8, 4) is 17.6 Å². The Kier molecular flexibility index (Phi) is 5.17. The first-order valence-electron chi connectivity index (χ1n) is 5.85. The Morgan fingerprint density at radius 2 is 2.19 bits per heavy atom. The molecule has 0 spiro atoms. The normalized spacial score (nSPS) is 9.81. The molecule has 0 aliphatic heterocycles. The molecule has 1 aromatic heterocycles. The Labute approximate surface area is 129 Å². The molecule has 0 saturated heterocycles. The number of nitrogens with zero attached hydrogens (tertiary/aromatic N) is 1. The van der Waals surface area contributed by atoms with E-state index in [1.54, 1.807) is 6.07 Å². The summed E-state index contributed by atoms with van der Waals surface area (Å²) in [6.45, 7) is -0.00883. The third-order valence-electron chi connectivity index (χ3n) is 2.44. The van der Waals surface area contributed by atoms with Gasteiger partial charge in [-0.3, -0.25) is 10.1 Å². The van der Waals surface area contributed by atoms with Crippen molar-refractivity contribution in [2.24, 2.45) is 0 Å². The van der Waals surface area contributed by atoms with Gasteiger partial charge in [-0.2, -0.15) is 0 Å². The van der Waals surface area contributed by atoms with E-state index in [1.807, 2.05) is 6.07 Å². The molecule has 7 heteroatoms. The molecule has 0 amide bonds. The van der Waals surface area contributed by atoms with E-state index in [9.17, 15) is 10.1 Å². The Balaban J connectivity index is 2.11. The Hall–Kier alpha value is -2.07. The highest BCUT2D eigenvalue weighted by atomic mass is 35.5. The van der Waals surface area contributed by atoms with Crippen LogP contribution >= 0.6 is 22.9 Å². The van der Waals surface area contributed by atoms with Crippen molar-refractivity contribution in [1.82, 2.24) is 0 Å². The van der Waals surface area contributed by atoms with Crippen LogP contribution in [0.3, 0.4) is 0 Å². The molecule has 0 bridgehead atoms. The van der Waals surface area contributed by atoms with E-state index >= 15 is 0 Å². The van der Waals surface area contributed by atoms with Gasteiger partial charge in [-0.15, -0.1) is 11.3 Å². The number of nitro benzene ring substituents is 1. The summed E-state index contributed by atoms with van der Waals surface area (Å²) in [5.41, 5.74) is -0.128. The number of aliphatic hydroxyl groups excluding tert-OH is 1. The monoisotopic (exact) mass is 323 g/mol. The number of nitro groups is 1. The average molecular weight is 324 g/mol. The van der Waals surface area contributed by atoms with Gasteiger partial charge in [0.15, 0.2) is 5.75 Å². The molecule has 0 unspecified atom stereocenters. The first-order chi connectivity index (χ1) is 10.1. The van der Waals surface area contributed by atoms with Crippen LogP contribution in [0.15, 0.2) is 30.3 Å². The summed E-state index contributed by atoms with van der Waals surface area (Å²) < 4.78 is 5.47. The SMILES string of the molecule is O=[N+]([O-])c1ccc(Cl)cc1OCc1ccc(C#CCO)s1. The number of ether oxygens (including phenoxy) is 1. The zero-order valence-corrected chi connectivity index (χ0v) is 12.3. The summed E-state index contributed by atoms with van der Waals surface area (Å²) in [6, 6.07) is 7.80. The van der Waals surface area contributed by atoms with Crippen LogP contribution in [-0.2, 0) is 6.61 Å². The highest BCUT2D eigenvalue weighted by molar-refractivity contribution is 7.12. The summed E-state index contributed by atoms with van der Waals surface area (Å²) in [6.07, 6.45) is 0. The van der Waals surface area contributed by atoms with Crippen molar-refractivity contribution in [2.75, 3.05) is 6.61 Å². The van der Waals surface area contributed by atoms with E-state index in [2.05, 4.69) is 11.8 Å². The highest BCUT2D eigenvalue weighted by Crippen LogP contribution is 2.31. The lowest BCUT2D eigenvalue weighted by atomic mass is 10.3. The molecule has 0 radical (unpaired) electrons. The van der Waals surface area contributed by atoms with Crippen LogP contribution in [0.1, 0.15) is 9.75 Å². The standard InChI is InChI=1S/C14H10ClNO4S/c15-10-3-6-13(16(18)19)14(8-10)20-9-12-5-4-11(21-12)2-1-7-17/h3-6,8,17H,7,9H2. The van der Waals surface area contributed by atoms with E-state index in [1.165, 1.54) is 29.5 Å². The lowest BCUT2D eigenvalue weighted by molar-refractivity contribution is -0.385. The van der Waals surface area contributed by atoms with Gasteiger partial charge in [0, 0.05) is 22.0 Å². The number of aliphatic hydroxyl groups is 1. The smallest absolute Gasteiger partial charge is 0.311 e. The predicted molar refractivity (Wildman–Crippen MR) is 80.7 cm³/mol. The molecule has 21 heavy (non-hydrogen) atoms. The largest absolute Gasteiger partial charge is 0.481 e. The fraction of sp³-hybridized carbons (Fsp3) is 0.143. The van der Waals surface area contributed by atoms with Gasteiger partial charge in [0.25, 0.3) is 0 Å². The predicted octanol–water partition coefficient (Wildman–Crippen LogP) is 3.23. The minimum atomic E-state index is -0.516. The molecule has 2 aromatic rings. The van der Waals surface area contributed by atoms with Crippen molar-refractivity contribution in [3.05, 3.63) is 55.2 Å². The lowest BCUT2D eigenvalue weighted by Crippen LogP contribution is -1.97. The molecular weight excluding hydrogens is 314 g/mol. The molecule has 0 atom stereocenters. The minimum Gasteiger partial charge on any atom is -0.481 e. The van der Waals surface area contributed by atoms with Gasteiger partial charge < -0.3 is 9.84 Å². The van der Waals surface area contributed by atoms with Crippen LogP contribution in [-0.4, -0.2) is 16.6 Å². The van der Waals surface area contributed by atoms with Crippen LogP contribution in [0.4, 0.5) is 5.69 Å². The molecule has 108 valence electrons. The Bertz CT molecular complexity index is 717. The van der Waals surface area contributed by atoms with Gasteiger partial charge in [-0.25, -0.2) is 0 Å². The van der Waals surface area contributed by atoms with Gasteiger partial charge in [-0.1, -0.05) is 23.4 Å². The number of rotatable bonds is 4. The second-order valence-electron chi connectivity index (χ2n) is 3.88. The minimum absolute atomic E-state index is 0.128. The summed E-state index contributed by atoms with van der Waals surface area (Å²) >= 11 is 7.22. The van der Waals surface area contributed by atoms with E-state index in [0.717, 1.165) is 9.75 Å². The van der Waals surface area contributed by atoms with Crippen LogP contribution in [0.5, 0.6) is 5.75 Å². The molecular formula is C14H10ClNO4S. The fourth-order valence-electron chi connectivity index (χ4n) is 1.55. The number of benzene rings is 1. The molecule has 1 heterocycles. The van der Waals surface area contributed by atoms with Crippen molar-refractivity contribution in [1.29, 1.82) is 0 Å². The number of thiophene rings is 1. The van der Waals surface area contributed by atoms with Crippen molar-refractivity contribution >= 4 is 28.6 Å². The number of hydrogen-bond acceptors (Lipinski definition) is 5. The summed E-state index contributed by atoms with van der Waals surface area (Å²) in [7, 11) is 0. The van der Waals surface area contributed by atoms with Gasteiger partial charge in [0.05, 0.1) is 9.80 Å². The van der Waals surface area contributed by atoms with Crippen molar-refractivity contribution in [2.45, 2.75) is 6.61 Å². The van der Waals surface area contributed by atoms with Crippen LogP contribution in [0.25, 0.3) is 0 Å². The first-order valence-corrected chi connectivity index (χ1v) is 7.05. The van der Waals surface area contributed by atoms with Crippen LogP contribution < -0.4 is 4.74 Å². The summed E-state index contributed by atoms with van der Waals surface area (Å²) in [4.78, 5) is 12.1. The molecule has 2 rings (SSSR count). The lowest BCUT2D eigenvalue weighted by Gasteiger charge is -2.05. The fourth-order valence-corrected chi connectivity index (χ4v) is 2.51. The maximum Gasteiger partial charge on any atom is 0.311 e. The Morgan fingerprint density at radius 1 is 1.38 bits per heavy atom. The zero-order chi connectivity index (χ0) is 15.2. The maximum atomic E-state index is 10.9. The average Bonchev–Trinajstić information content (AvgIpc) is 2.90. The van der Waals surface area contributed by atoms with Gasteiger partial charge in [0.1, 0.15) is 13.2 Å². The number of hydrogen-bond donors (Lipinski definition) is 1. The molecule has 1 N–H and O–H groups in total. The maximum absolute atomic E-state index is 10.9. The van der Waals surface area contributed by atoms with E-state index in [0.29, 0.717) is 5.02 Å². The van der Waals surface area contributed by atoms with Gasteiger partial charge in [-0.05, 0) is 18.2 Å². The number of halogens is 1. The van der Waals surface area contributed by atoms with Gasteiger partial charge >= 0.3 is 5.69 Å². The summed E-state index contributed by atoms with van der Waals surface area (Å²) in [5, 5.41) is 19.9. The Morgan fingerprint density at radius 3 is 2.90 bits per heavy atom. The first kappa shape index (κ1) is 15.3. The highest BCUT2D eigenvalue weighted by Gasteiger charge is 2.15. The van der Waals surface area contributed by atoms with Crippen LogP contribution in [0, 0.1) is 22.0 Å². The molecule has 0 aliphatic carbocycles. The second kappa shape index (κ2) is 7.09. The third kappa shape index (κ3) is 4.20. The summed E-state index contributed by atoms with van der Waals surface area (Å²) in [5.74, 6) is 5.47. The second-order valence-corrected chi connectivity index (χ2v) is 5.49. The molecule has 0 saturated carbocycles. The topological polar surface area (TPSA) is 72.6 Å². The molecule has 0 fully saturated rings. The van der Waals surface area contributed by atoms with E-state index in [-0.39, 0.29) is 24.7 Å². The zero-order valence-electron chi connectivity index (χ0n) is 10.7. The molecule has 0 aliphatic rings. The van der Waals surface area contributed by atoms with Crippen molar-refractivity contribution in [3.63, 3.8) is 0 Å². The van der Waals surface area contributed by atoms with Crippen LogP contribution in [0.2, 0.25) is 5.02 Å². The quantitative estimate of drug-likeness (QED) is 0.532. The van der Waals surface area contributed by atoms with Gasteiger partial charge in [0.2, 0.25) is 0 Å². The van der Waals surface area contributed by atoms with E-state index < -0.39 is 4.92 Å². The van der Waals surface area contributed by atoms with E-state index in [4.69, 9.17) is 21.4 Å². The molecule has 1 aromatic carbocycles. The molecule has 5 nitrogen and oxygen atoms in total.